The van der Waals surface area contributed by atoms with Gasteiger partial charge in [-0.15, -0.1) is 0 Å². The molecule has 1 heterocycles. The molecular weight excluding hydrogens is 620 g/mol. The van der Waals surface area contributed by atoms with E-state index in [1.807, 2.05) is 13.8 Å². The molecule has 10 atom stereocenters. The summed E-state index contributed by atoms with van der Waals surface area (Å²) < 4.78 is 6.31. The number of hydrogen-bond acceptors (Lipinski definition) is 5. The van der Waals surface area contributed by atoms with Gasteiger partial charge in [0, 0.05) is 31.6 Å². The molecule has 1 N–H and O–H groups in total. The molecule has 4 unspecified atom stereocenters. The van der Waals surface area contributed by atoms with Crippen LogP contribution in [-0.2, 0) is 14.3 Å². The number of likely N-dealkylation sites (N-methyl/N-ethyl adjacent to an activating group) is 1. The Balaban J connectivity index is 1.20. The van der Waals surface area contributed by atoms with Gasteiger partial charge in [-0.25, -0.2) is 0 Å². The van der Waals surface area contributed by atoms with Crippen LogP contribution < -0.4 is 0 Å². The van der Waals surface area contributed by atoms with Crippen LogP contribution in [0.4, 0.5) is 0 Å². The van der Waals surface area contributed by atoms with Crippen molar-refractivity contribution < 1.29 is 19.4 Å². The highest BCUT2D eigenvalue weighted by atomic mass is 16.5. The average molecular weight is 695 g/mol. The van der Waals surface area contributed by atoms with Crippen LogP contribution in [0.5, 0.6) is 0 Å². The predicted molar refractivity (Wildman–Crippen MR) is 203 cm³/mol. The third-order valence-corrected chi connectivity index (χ3v) is 17.5. The van der Waals surface area contributed by atoms with Gasteiger partial charge in [-0.2, -0.15) is 0 Å². The predicted octanol–water partition coefficient (Wildman–Crippen LogP) is 9.47. The molecule has 0 amide bonds. The number of piperazine rings is 1. The van der Waals surface area contributed by atoms with Gasteiger partial charge in [0.1, 0.15) is 6.10 Å². The second kappa shape index (κ2) is 13.5. The number of carboxylic acids is 1. The lowest BCUT2D eigenvalue weighted by Crippen LogP contribution is -2.66. The van der Waals surface area contributed by atoms with E-state index in [9.17, 15) is 14.7 Å². The Hall–Kier alpha value is -1.40. The van der Waals surface area contributed by atoms with Crippen molar-refractivity contribution in [2.45, 2.75) is 152 Å². The minimum atomic E-state index is -0.863. The fraction of sp³-hybridized carbons (Fsp3) is 0.909. The molecule has 6 rings (SSSR count). The SMILES string of the molecule is C=C(C)[C@@H]1CC[C@]2(CCN3CCN(CC)CC3)CC[C@]3(C)[C@H](CCC4[C@@]5(C)CCC(OC(=O)CC(C)(C)CC(=O)O)C(C)(C)C5CC[C@]43C)C12. The number of fused-ring (bicyclic) bond motifs is 7. The zero-order valence-corrected chi connectivity index (χ0v) is 33.7. The van der Waals surface area contributed by atoms with Gasteiger partial charge in [-0.05, 0) is 147 Å². The van der Waals surface area contributed by atoms with E-state index in [0.29, 0.717) is 34.0 Å². The fourth-order valence-corrected chi connectivity index (χ4v) is 14.7. The number of hydrogen-bond donors (Lipinski definition) is 1. The third kappa shape index (κ3) is 6.34. The van der Waals surface area contributed by atoms with Gasteiger partial charge >= 0.3 is 11.9 Å². The number of nitrogens with zero attached hydrogens (tertiary/aromatic N) is 2. The lowest BCUT2D eigenvalue weighted by molar-refractivity contribution is -0.250. The Morgan fingerprint density at radius 1 is 0.820 bits per heavy atom. The molecule has 6 aliphatic rings. The molecule has 0 aromatic rings. The van der Waals surface area contributed by atoms with Crippen LogP contribution in [0.1, 0.15) is 146 Å². The third-order valence-electron chi connectivity index (χ3n) is 17.5. The molecule has 0 radical (unpaired) electrons. The summed E-state index contributed by atoms with van der Waals surface area (Å²) in [4.78, 5) is 30.0. The maximum Gasteiger partial charge on any atom is 0.306 e. The van der Waals surface area contributed by atoms with Gasteiger partial charge in [0.25, 0.3) is 0 Å². The maximum absolute atomic E-state index is 13.2. The molecule has 0 aromatic heterocycles. The van der Waals surface area contributed by atoms with E-state index < -0.39 is 11.4 Å². The normalized spacial score (nSPS) is 43.2. The first-order chi connectivity index (χ1) is 23.3. The number of ether oxygens (including phenoxy) is 1. The Kier molecular flexibility index (Phi) is 10.3. The van der Waals surface area contributed by atoms with Crippen LogP contribution in [0.2, 0.25) is 0 Å². The minimum Gasteiger partial charge on any atom is -0.481 e. The number of aliphatic carboxylic acids is 1. The van der Waals surface area contributed by atoms with Gasteiger partial charge in [0.2, 0.25) is 0 Å². The van der Waals surface area contributed by atoms with Gasteiger partial charge in [-0.3, -0.25) is 9.59 Å². The lowest BCUT2D eigenvalue weighted by atomic mass is 9.32. The summed E-state index contributed by atoms with van der Waals surface area (Å²) in [6, 6.07) is 0. The van der Waals surface area contributed by atoms with Crippen LogP contribution in [0.25, 0.3) is 0 Å². The van der Waals surface area contributed by atoms with Crippen molar-refractivity contribution in [3.05, 3.63) is 12.2 Å². The largest absolute Gasteiger partial charge is 0.481 e. The molecule has 0 aromatic carbocycles. The van der Waals surface area contributed by atoms with E-state index in [1.54, 1.807) is 0 Å². The Morgan fingerprint density at radius 3 is 2.14 bits per heavy atom. The summed E-state index contributed by atoms with van der Waals surface area (Å²) in [6.07, 6.45) is 14.1. The molecule has 5 saturated carbocycles. The fourth-order valence-electron chi connectivity index (χ4n) is 14.7. The number of carbonyl (C=O) groups excluding carboxylic acids is 1. The average Bonchev–Trinajstić information content (AvgIpc) is 3.41. The van der Waals surface area contributed by atoms with E-state index >= 15 is 0 Å². The van der Waals surface area contributed by atoms with Crippen molar-refractivity contribution in [1.29, 1.82) is 0 Å². The second-order valence-electron chi connectivity index (χ2n) is 20.8. The smallest absolute Gasteiger partial charge is 0.306 e. The van der Waals surface area contributed by atoms with Crippen LogP contribution in [0.3, 0.4) is 0 Å². The number of rotatable bonds is 10. The first-order valence-corrected chi connectivity index (χ1v) is 20.8. The van der Waals surface area contributed by atoms with Gasteiger partial charge in [-0.1, -0.05) is 67.5 Å². The molecule has 1 saturated heterocycles. The number of allylic oxidation sites excluding steroid dienone is 1. The van der Waals surface area contributed by atoms with Crippen molar-refractivity contribution in [3.8, 4) is 0 Å². The number of carbonyl (C=O) groups is 2. The van der Waals surface area contributed by atoms with Crippen molar-refractivity contribution in [1.82, 2.24) is 9.80 Å². The second-order valence-corrected chi connectivity index (χ2v) is 20.8. The highest BCUT2D eigenvalue weighted by Gasteiger charge is 2.71. The molecule has 284 valence electrons. The first-order valence-electron chi connectivity index (χ1n) is 20.8. The summed E-state index contributed by atoms with van der Waals surface area (Å²) >= 11 is 0. The van der Waals surface area contributed by atoms with Crippen molar-refractivity contribution in [2.75, 3.05) is 39.3 Å². The van der Waals surface area contributed by atoms with Gasteiger partial charge in [0.05, 0.1) is 12.8 Å². The molecule has 0 bridgehead atoms. The van der Waals surface area contributed by atoms with E-state index in [2.05, 4.69) is 64.8 Å². The first kappa shape index (κ1) is 38.3. The number of carboxylic acid groups (broad SMARTS) is 1. The topological polar surface area (TPSA) is 70.1 Å². The highest BCUT2D eigenvalue weighted by Crippen LogP contribution is 2.78. The molecule has 5 aliphatic carbocycles. The summed E-state index contributed by atoms with van der Waals surface area (Å²) in [6.45, 7) is 33.3. The van der Waals surface area contributed by atoms with E-state index in [-0.39, 0.29) is 35.7 Å². The Labute approximate surface area is 305 Å². The Bertz CT molecular complexity index is 1300. The zero-order chi connectivity index (χ0) is 36.5. The van der Waals surface area contributed by atoms with Crippen molar-refractivity contribution in [2.24, 2.45) is 62.1 Å². The molecule has 0 spiro atoms. The number of esters is 1. The van der Waals surface area contributed by atoms with Crippen molar-refractivity contribution >= 4 is 11.9 Å². The zero-order valence-electron chi connectivity index (χ0n) is 33.7. The minimum absolute atomic E-state index is 0.0255. The van der Waals surface area contributed by atoms with Crippen LogP contribution in [0.15, 0.2) is 12.2 Å². The summed E-state index contributed by atoms with van der Waals surface area (Å²) in [5.41, 5.74) is 2.08. The van der Waals surface area contributed by atoms with Crippen LogP contribution >= 0.6 is 0 Å². The van der Waals surface area contributed by atoms with Gasteiger partial charge < -0.3 is 19.6 Å². The maximum atomic E-state index is 13.2. The lowest BCUT2D eigenvalue weighted by Gasteiger charge is -2.73. The molecule has 6 heteroatoms. The highest BCUT2D eigenvalue weighted by molar-refractivity contribution is 5.73. The summed E-state index contributed by atoms with van der Waals surface area (Å²) in [5, 5.41) is 9.35. The van der Waals surface area contributed by atoms with Crippen LogP contribution in [0, 0.1) is 62.1 Å². The molecule has 6 nitrogen and oxygen atoms in total. The molecule has 50 heavy (non-hydrogen) atoms. The summed E-state index contributed by atoms with van der Waals surface area (Å²) in [5.74, 6) is 2.33. The summed E-state index contributed by atoms with van der Waals surface area (Å²) in [7, 11) is 0. The van der Waals surface area contributed by atoms with Crippen molar-refractivity contribution in [3.63, 3.8) is 0 Å². The standard InChI is InChI=1S/C44H74N2O4/c1-11-45-24-26-46(27-25-45)23-22-44-19-14-31(30(2)3)38(44)32-12-13-34-41(8)17-16-35(50-37(49)29-39(4,5)28-36(47)48)40(6,7)33(41)15-18-43(34,10)42(32,9)20-21-44/h31-35,38H,2,11-29H2,1,3-10H3,(H,47,48)/t31-,32+,33?,34?,35?,38?,41-,42+,43+,44+/m0/s1. The molecular formula is C44H74N2O4. The van der Waals surface area contributed by atoms with Crippen LogP contribution in [-0.4, -0.2) is 72.2 Å². The van der Waals surface area contributed by atoms with E-state index in [4.69, 9.17) is 4.74 Å². The van der Waals surface area contributed by atoms with E-state index in [0.717, 1.165) is 24.7 Å². The van der Waals surface area contributed by atoms with E-state index in [1.165, 1.54) is 103 Å². The van der Waals surface area contributed by atoms with Gasteiger partial charge in [0.15, 0.2) is 0 Å². The Morgan fingerprint density at radius 2 is 1.50 bits per heavy atom. The molecule has 6 fully saturated rings. The quantitative estimate of drug-likeness (QED) is 0.182. The monoisotopic (exact) mass is 695 g/mol. The molecule has 1 aliphatic heterocycles.